The van der Waals surface area contributed by atoms with Crippen molar-refractivity contribution in [2.24, 2.45) is 5.92 Å². The zero-order valence-corrected chi connectivity index (χ0v) is 9.50. The number of nitrogens with zero attached hydrogens (tertiary/aromatic N) is 2. The quantitative estimate of drug-likeness (QED) is 0.803. The van der Waals surface area contributed by atoms with Crippen molar-refractivity contribution in [3.63, 3.8) is 0 Å². The van der Waals surface area contributed by atoms with E-state index >= 15 is 0 Å². The minimum absolute atomic E-state index is 0.863. The summed E-state index contributed by atoms with van der Waals surface area (Å²) in [5.41, 5.74) is 2.48. The standard InChI is InChI=1S/C12H18N4/c1-2-9(3-1)6-14-12-10-7-13-5-4-11(10)15-8-16-12/h8-9,13H,1-7H2,(H,14,15,16). The lowest BCUT2D eigenvalue weighted by Crippen LogP contribution is -2.27. The summed E-state index contributed by atoms with van der Waals surface area (Å²) in [7, 11) is 0. The number of fused-ring (bicyclic) bond motifs is 1. The van der Waals surface area contributed by atoms with Crippen molar-refractivity contribution in [2.45, 2.75) is 32.2 Å². The van der Waals surface area contributed by atoms with Crippen molar-refractivity contribution in [1.29, 1.82) is 0 Å². The van der Waals surface area contributed by atoms with Crippen LogP contribution in [0.4, 0.5) is 5.82 Å². The fraction of sp³-hybridized carbons (Fsp3) is 0.667. The average molecular weight is 218 g/mol. The number of anilines is 1. The Morgan fingerprint density at radius 2 is 2.31 bits per heavy atom. The first kappa shape index (κ1) is 10.0. The van der Waals surface area contributed by atoms with Gasteiger partial charge in [-0.05, 0) is 18.8 Å². The van der Waals surface area contributed by atoms with E-state index in [1.807, 2.05) is 0 Å². The van der Waals surface area contributed by atoms with Crippen LogP contribution in [0.25, 0.3) is 0 Å². The van der Waals surface area contributed by atoms with Crippen molar-refractivity contribution in [3.05, 3.63) is 17.6 Å². The second kappa shape index (κ2) is 4.37. The maximum atomic E-state index is 4.36. The Morgan fingerprint density at radius 1 is 1.38 bits per heavy atom. The molecule has 1 aliphatic carbocycles. The van der Waals surface area contributed by atoms with Crippen molar-refractivity contribution < 1.29 is 0 Å². The Hall–Kier alpha value is -1.16. The molecule has 1 aromatic heterocycles. The number of nitrogens with one attached hydrogen (secondary N) is 2. The van der Waals surface area contributed by atoms with Crippen LogP contribution in [0, 0.1) is 5.92 Å². The molecule has 0 amide bonds. The van der Waals surface area contributed by atoms with Gasteiger partial charge in [0.2, 0.25) is 0 Å². The summed E-state index contributed by atoms with van der Waals surface area (Å²) < 4.78 is 0. The van der Waals surface area contributed by atoms with E-state index in [4.69, 9.17) is 0 Å². The molecule has 3 rings (SSSR count). The van der Waals surface area contributed by atoms with E-state index in [1.54, 1.807) is 6.33 Å². The zero-order chi connectivity index (χ0) is 10.8. The molecule has 0 atom stereocenters. The third-order valence-electron chi connectivity index (χ3n) is 3.66. The van der Waals surface area contributed by atoms with Gasteiger partial charge in [-0.15, -0.1) is 0 Å². The molecule has 1 aliphatic heterocycles. The second-order valence-corrected chi connectivity index (χ2v) is 4.75. The highest BCUT2D eigenvalue weighted by Gasteiger charge is 2.19. The first-order chi connectivity index (χ1) is 7.93. The maximum absolute atomic E-state index is 4.36. The molecule has 1 fully saturated rings. The van der Waals surface area contributed by atoms with Crippen LogP contribution in [-0.4, -0.2) is 23.1 Å². The molecule has 0 saturated heterocycles. The summed E-state index contributed by atoms with van der Waals surface area (Å²) >= 11 is 0. The van der Waals surface area contributed by atoms with Gasteiger partial charge in [0.05, 0.1) is 5.69 Å². The Bertz CT molecular complexity index is 373. The average Bonchev–Trinajstić information content (AvgIpc) is 2.27. The summed E-state index contributed by atoms with van der Waals surface area (Å²) in [6.45, 7) is 3.01. The van der Waals surface area contributed by atoms with Crippen molar-refractivity contribution in [1.82, 2.24) is 15.3 Å². The minimum atomic E-state index is 0.863. The topological polar surface area (TPSA) is 49.8 Å². The third kappa shape index (κ3) is 1.89. The number of hydrogen-bond donors (Lipinski definition) is 2. The van der Waals surface area contributed by atoms with Crippen LogP contribution >= 0.6 is 0 Å². The fourth-order valence-corrected chi connectivity index (χ4v) is 2.36. The molecule has 1 aromatic rings. The van der Waals surface area contributed by atoms with Gasteiger partial charge in [-0.3, -0.25) is 0 Å². The van der Waals surface area contributed by atoms with Crippen molar-refractivity contribution in [2.75, 3.05) is 18.4 Å². The molecule has 4 nitrogen and oxygen atoms in total. The molecule has 0 aromatic carbocycles. The molecule has 2 heterocycles. The molecule has 0 bridgehead atoms. The molecule has 2 N–H and O–H groups in total. The van der Waals surface area contributed by atoms with Crippen LogP contribution in [0.3, 0.4) is 0 Å². The van der Waals surface area contributed by atoms with E-state index < -0.39 is 0 Å². The summed E-state index contributed by atoms with van der Waals surface area (Å²) in [6.07, 6.45) is 6.86. The summed E-state index contributed by atoms with van der Waals surface area (Å²) in [5.74, 6) is 1.91. The second-order valence-electron chi connectivity index (χ2n) is 4.75. The van der Waals surface area contributed by atoms with Crippen LogP contribution in [0.1, 0.15) is 30.5 Å². The smallest absolute Gasteiger partial charge is 0.134 e. The third-order valence-corrected chi connectivity index (χ3v) is 3.66. The van der Waals surface area contributed by atoms with Gasteiger partial charge >= 0.3 is 0 Å². The zero-order valence-electron chi connectivity index (χ0n) is 9.50. The molecule has 4 heteroatoms. The maximum Gasteiger partial charge on any atom is 0.134 e. The fourth-order valence-electron chi connectivity index (χ4n) is 2.36. The highest BCUT2D eigenvalue weighted by molar-refractivity contribution is 5.46. The van der Waals surface area contributed by atoms with Crippen molar-refractivity contribution >= 4 is 5.82 Å². The predicted molar refractivity (Wildman–Crippen MR) is 63.3 cm³/mol. The van der Waals surface area contributed by atoms with Gasteiger partial charge < -0.3 is 10.6 Å². The van der Waals surface area contributed by atoms with Crippen LogP contribution in [0.5, 0.6) is 0 Å². The lowest BCUT2D eigenvalue weighted by Gasteiger charge is -2.26. The van der Waals surface area contributed by atoms with Gasteiger partial charge in [0.25, 0.3) is 0 Å². The van der Waals surface area contributed by atoms with E-state index in [-0.39, 0.29) is 0 Å². The van der Waals surface area contributed by atoms with E-state index in [1.165, 1.54) is 30.5 Å². The Kier molecular flexibility index (Phi) is 2.74. The molecule has 0 unspecified atom stereocenters. The number of hydrogen-bond acceptors (Lipinski definition) is 4. The Balaban J connectivity index is 1.72. The summed E-state index contributed by atoms with van der Waals surface area (Å²) in [6, 6.07) is 0. The normalized spacial score (nSPS) is 20.0. The highest BCUT2D eigenvalue weighted by Crippen LogP contribution is 2.27. The lowest BCUT2D eigenvalue weighted by molar-refractivity contribution is 0.333. The monoisotopic (exact) mass is 218 g/mol. The Morgan fingerprint density at radius 3 is 3.12 bits per heavy atom. The van der Waals surface area contributed by atoms with Gasteiger partial charge in [0.15, 0.2) is 0 Å². The van der Waals surface area contributed by atoms with Gasteiger partial charge in [0, 0.05) is 31.6 Å². The van der Waals surface area contributed by atoms with Crippen LogP contribution in [0.15, 0.2) is 6.33 Å². The largest absolute Gasteiger partial charge is 0.369 e. The molecule has 16 heavy (non-hydrogen) atoms. The molecular formula is C12H18N4. The van der Waals surface area contributed by atoms with Gasteiger partial charge in [0.1, 0.15) is 12.1 Å². The van der Waals surface area contributed by atoms with E-state index in [0.29, 0.717) is 0 Å². The molecule has 0 radical (unpaired) electrons. The number of aromatic nitrogens is 2. The van der Waals surface area contributed by atoms with Crippen LogP contribution in [-0.2, 0) is 13.0 Å². The lowest BCUT2D eigenvalue weighted by atomic mass is 9.85. The Labute approximate surface area is 95.9 Å². The van der Waals surface area contributed by atoms with Crippen molar-refractivity contribution in [3.8, 4) is 0 Å². The van der Waals surface area contributed by atoms with Gasteiger partial charge in [-0.25, -0.2) is 9.97 Å². The van der Waals surface area contributed by atoms with Crippen LogP contribution in [0.2, 0.25) is 0 Å². The summed E-state index contributed by atoms with van der Waals surface area (Å²) in [4.78, 5) is 8.71. The minimum Gasteiger partial charge on any atom is -0.369 e. The molecule has 0 spiro atoms. The molecule has 86 valence electrons. The summed E-state index contributed by atoms with van der Waals surface area (Å²) in [5, 5.41) is 6.86. The first-order valence-electron chi connectivity index (χ1n) is 6.21. The SMILES string of the molecule is c1nc2c(c(NCC3CCC3)n1)CNCC2. The molecule has 2 aliphatic rings. The van der Waals surface area contributed by atoms with Gasteiger partial charge in [-0.2, -0.15) is 0 Å². The molecular weight excluding hydrogens is 200 g/mol. The predicted octanol–water partition coefficient (Wildman–Crippen LogP) is 1.33. The van der Waals surface area contributed by atoms with Crippen LogP contribution < -0.4 is 10.6 Å². The van der Waals surface area contributed by atoms with Gasteiger partial charge in [-0.1, -0.05) is 6.42 Å². The van der Waals surface area contributed by atoms with E-state index in [0.717, 1.165) is 37.8 Å². The molecule has 1 saturated carbocycles. The first-order valence-corrected chi connectivity index (χ1v) is 6.21. The number of rotatable bonds is 3. The highest BCUT2D eigenvalue weighted by atomic mass is 15.0. The van der Waals surface area contributed by atoms with E-state index in [2.05, 4.69) is 20.6 Å². The van der Waals surface area contributed by atoms with E-state index in [9.17, 15) is 0 Å².